The molecule has 0 spiro atoms. The number of hydrogen-bond acceptors (Lipinski definition) is 6. The summed E-state index contributed by atoms with van der Waals surface area (Å²) in [6.45, 7) is 7.21. The molecule has 0 saturated carbocycles. The van der Waals surface area contributed by atoms with Crippen molar-refractivity contribution in [2.75, 3.05) is 42.9 Å². The molecular weight excluding hydrogens is 335 g/mol. The summed E-state index contributed by atoms with van der Waals surface area (Å²) in [4.78, 5) is 9.17. The fraction of sp³-hybridized carbons (Fsp3) is 0.400. The normalized spacial score (nSPS) is 15.7. The van der Waals surface area contributed by atoms with Crippen LogP contribution in [0.1, 0.15) is 6.92 Å². The maximum absolute atomic E-state index is 6.16. The number of nitrogens with one attached hydrogen (secondary N) is 1. The molecule has 1 saturated heterocycles. The Morgan fingerprint density at radius 3 is 2.65 bits per heavy atom. The molecule has 0 aliphatic carbocycles. The van der Waals surface area contributed by atoms with Crippen molar-refractivity contribution in [1.82, 2.24) is 20.1 Å². The standard InChI is InChI=1S/C15H18Cl2N6/c1-2-22-5-7-23(8-6-22)14-10-18-21-15(20-14)19-13-4-3-11(16)9-12(13)17/h3-4,9-10H,2,5-8H2,1H3,(H,19,20,21). The van der Waals surface area contributed by atoms with E-state index in [9.17, 15) is 0 Å². The summed E-state index contributed by atoms with van der Waals surface area (Å²) in [6.07, 6.45) is 1.69. The zero-order chi connectivity index (χ0) is 16.2. The molecule has 1 aromatic heterocycles. The molecule has 0 radical (unpaired) electrons. The van der Waals surface area contributed by atoms with Crippen LogP contribution in [0, 0.1) is 0 Å². The zero-order valence-corrected chi connectivity index (χ0v) is 14.3. The molecule has 1 aliphatic rings. The van der Waals surface area contributed by atoms with Crippen LogP contribution in [-0.4, -0.2) is 52.8 Å². The summed E-state index contributed by atoms with van der Waals surface area (Å²) < 4.78 is 0. The van der Waals surface area contributed by atoms with E-state index in [2.05, 4.69) is 37.2 Å². The Balaban J connectivity index is 1.72. The molecule has 0 amide bonds. The molecule has 6 nitrogen and oxygen atoms in total. The van der Waals surface area contributed by atoms with Crippen molar-refractivity contribution in [3.8, 4) is 0 Å². The summed E-state index contributed by atoms with van der Waals surface area (Å²) in [5.41, 5.74) is 0.700. The number of piperazine rings is 1. The number of aromatic nitrogens is 3. The van der Waals surface area contributed by atoms with Crippen molar-refractivity contribution in [1.29, 1.82) is 0 Å². The fourth-order valence-electron chi connectivity index (χ4n) is 2.50. The van der Waals surface area contributed by atoms with Gasteiger partial charge in [-0.3, -0.25) is 0 Å². The molecule has 23 heavy (non-hydrogen) atoms. The maximum Gasteiger partial charge on any atom is 0.249 e. The third-order valence-electron chi connectivity index (χ3n) is 3.87. The van der Waals surface area contributed by atoms with Crippen LogP contribution in [0.25, 0.3) is 0 Å². The third kappa shape index (κ3) is 4.02. The molecule has 122 valence electrons. The average molecular weight is 353 g/mol. The van der Waals surface area contributed by atoms with E-state index in [4.69, 9.17) is 23.2 Å². The van der Waals surface area contributed by atoms with Gasteiger partial charge in [-0.2, -0.15) is 10.1 Å². The van der Waals surface area contributed by atoms with Gasteiger partial charge in [0.05, 0.1) is 16.9 Å². The number of likely N-dealkylation sites (N-methyl/N-ethyl adjacent to an activating group) is 1. The Kier molecular flexibility index (Phi) is 5.15. The van der Waals surface area contributed by atoms with Gasteiger partial charge in [-0.05, 0) is 24.7 Å². The zero-order valence-electron chi connectivity index (χ0n) is 12.8. The highest BCUT2D eigenvalue weighted by Gasteiger charge is 2.17. The predicted molar refractivity (Wildman–Crippen MR) is 93.9 cm³/mol. The molecule has 2 aromatic rings. The van der Waals surface area contributed by atoms with Crippen molar-refractivity contribution in [2.24, 2.45) is 0 Å². The van der Waals surface area contributed by atoms with Gasteiger partial charge in [-0.25, -0.2) is 0 Å². The van der Waals surface area contributed by atoms with Crippen LogP contribution in [0.15, 0.2) is 24.4 Å². The van der Waals surface area contributed by atoms with Crippen LogP contribution < -0.4 is 10.2 Å². The van der Waals surface area contributed by atoms with Gasteiger partial charge in [0.2, 0.25) is 5.95 Å². The largest absolute Gasteiger partial charge is 0.353 e. The second-order valence-corrected chi connectivity index (χ2v) is 6.15. The lowest BCUT2D eigenvalue weighted by Gasteiger charge is -2.34. The second kappa shape index (κ2) is 7.29. The first-order valence-electron chi connectivity index (χ1n) is 7.55. The molecule has 0 unspecified atom stereocenters. The summed E-state index contributed by atoms with van der Waals surface area (Å²) in [6, 6.07) is 5.23. The Bertz CT molecular complexity index is 673. The van der Waals surface area contributed by atoms with Crippen molar-refractivity contribution < 1.29 is 0 Å². The first kappa shape index (κ1) is 16.2. The van der Waals surface area contributed by atoms with Crippen LogP contribution >= 0.6 is 23.2 Å². The van der Waals surface area contributed by atoms with E-state index < -0.39 is 0 Å². The highest BCUT2D eigenvalue weighted by molar-refractivity contribution is 6.36. The molecule has 1 aliphatic heterocycles. The molecule has 1 fully saturated rings. The van der Waals surface area contributed by atoms with Gasteiger partial charge in [0.1, 0.15) is 0 Å². The van der Waals surface area contributed by atoms with Crippen molar-refractivity contribution in [3.63, 3.8) is 0 Å². The van der Waals surface area contributed by atoms with E-state index in [0.29, 0.717) is 21.7 Å². The number of benzene rings is 1. The van der Waals surface area contributed by atoms with Crippen molar-refractivity contribution >= 4 is 40.7 Å². The Morgan fingerprint density at radius 2 is 1.96 bits per heavy atom. The van der Waals surface area contributed by atoms with Crippen LogP contribution in [0.3, 0.4) is 0 Å². The molecule has 1 aromatic carbocycles. The first-order valence-corrected chi connectivity index (χ1v) is 8.30. The summed E-state index contributed by atoms with van der Waals surface area (Å²) in [7, 11) is 0. The predicted octanol–water partition coefficient (Wildman–Crippen LogP) is 3.06. The van der Waals surface area contributed by atoms with Gasteiger partial charge >= 0.3 is 0 Å². The van der Waals surface area contributed by atoms with Crippen molar-refractivity contribution in [3.05, 3.63) is 34.4 Å². The molecule has 0 atom stereocenters. The average Bonchev–Trinajstić information content (AvgIpc) is 2.58. The molecule has 3 rings (SSSR count). The Labute approximate surface area is 145 Å². The Hall–Kier alpha value is -1.63. The molecular formula is C15H18Cl2N6. The minimum absolute atomic E-state index is 0.421. The number of halogens is 2. The second-order valence-electron chi connectivity index (χ2n) is 5.31. The van der Waals surface area contributed by atoms with Gasteiger partial charge in [0, 0.05) is 31.2 Å². The van der Waals surface area contributed by atoms with E-state index >= 15 is 0 Å². The lowest BCUT2D eigenvalue weighted by molar-refractivity contribution is 0.270. The van der Waals surface area contributed by atoms with E-state index in [1.54, 1.807) is 24.4 Å². The number of rotatable bonds is 4. The van der Waals surface area contributed by atoms with Crippen LogP contribution in [0.5, 0.6) is 0 Å². The first-order chi connectivity index (χ1) is 11.2. The van der Waals surface area contributed by atoms with E-state index in [1.807, 2.05) is 0 Å². The molecule has 1 N–H and O–H groups in total. The highest BCUT2D eigenvalue weighted by Crippen LogP contribution is 2.27. The van der Waals surface area contributed by atoms with E-state index in [-0.39, 0.29) is 0 Å². The van der Waals surface area contributed by atoms with Crippen LogP contribution in [0.2, 0.25) is 10.0 Å². The smallest absolute Gasteiger partial charge is 0.249 e. The highest BCUT2D eigenvalue weighted by atomic mass is 35.5. The van der Waals surface area contributed by atoms with Crippen LogP contribution in [-0.2, 0) is 0 Å². The maximum atomic E-state index is 6.16. The quantitative estimate of drug-likeness (QED) is 0.912. The number of anilines is 3. The minimum Gasteiger partial charge on any atom is -0.353 e. The van der Waals surface area contributed by atoms with Gasteiger partial charge < -0.3 is 15.1 Å². The summed E-state index contributed by atoms with van der Waals surface area (Å²) in [5.74, 6) is 1.24. The van der Waals surface area contributed by atoms with Gasteiger partial charge in [-0.15, -0.1) is 5.10 Å². The SMILES string of the molecule is CCN1CCN(c2cnnc(Nc3ccc(Cl)cc3Cl)n2)CC1. The third-order valence-corrected chi connectivity index (χ3v) is 4.42. The molecule has 0 bridgehead atoms. The lowest BCUT2D eigenvalue weighted by atomic mass is 10.3. The monoisotopic (exact) mass is 352 g/mol. The fourth-order valence-corrected chi connectivity index (χ4v) is 2.96. The Morgan fingerprint density at radius 1 is 1.17 bits per heavy atom. The van der Waals surface area contributed by atoms with E-state index in [0.717, 1.165) is 38.5 Å². The topological polar surface area (TPSA) is 57.2 Å². The van der Waals surface area contributed by atoms with Gasteiger partial charge in [0.15, 0.2) is 5.82 Å². The number of nitrogens with zero attached hydrogens (tertiary/aromatic N) is 5. The summed E-state index contributed by atoms with van der Waals surface area (Å²) >= 11 is 12.1. The lowest BCUT2D eigenvalue weighted by Crippen LogP contribution is -2.46. The van der Waals surface area contributed by atoms with Crippen molar-refractivity contribution in [2.45, 2.75) is 6.92 Å². The van der Waals surface area contributed by atoms with Gasteiger partial charge in [0.25, 0.3) is 0 Å². The van der Waals surface area contributed by atoms with Gasteiger partial charge in [-0.1, -0.05) is 30.1 Å². The molecule has 8 heteroatoms. The minimum atomic E-state index is 0.421. The molecule has 2 heterocycles. The van der Waals surface area contributed by atoms with Crippen LogP contribution in [0.4, 0.5) is 17.5 Å². The number of hydrogen-bond donors (Lipinski definition) is 1. The van der Waals surface area contributed by atoms with E-state index in [1.165, 1.54) is 0 Å². The summed E-state index contributed by atoms with van der Waals surface area (Å²) in [5, 5.41) is 12.3.